The minimum atomic E-state index is -0.754. The Kier molecular flexibility index (Phi) is 46.9. The summed E-state index contributed by atoms with van der Waals surface area (Å²) in [5.74, 6) is -0.754. The van der Waals surface area contributed by atoms with Gasteiger partial charge in [0.2, 0.25) is 0 Å². The molecule has 25 heavy (non-hydrogen) atoms. The molecule has 0 spiro atoms. The molecular formula is C18H42N2O5. The van der Waals surface area contributed by atoms with Gasteiger partial charge in [0, 0.05) is 0 Å². The fourth-order valence-electron chi connectivity index (χ4n) is 0.932. The molecule has 0 radical (unpaired) electrons. The molecule has 0 aromatic heterocycles. The van der Waals surface area contributed by atoms with E-state index in [4.69, 9.17) is 5.11 Å². The van der Waals surface area contributed by atoms with E-state index in [1.165, 1.54) is 13.5 Å². The molecule has 0 rings (SSSR count). The van der Waals surface area contributed by atoms with Gasteiger partial charge in [-0.3, -0.25) is 9.69 Å². The summed E-state index contributed by atoms with van der Waals surface area (Å²) < 4.78 is 4.14. The Balaban J connectivity index is -0.0000000793. The number of aliphatic carboxylic acids is 1. The molecule has 1 atom stereocenters. The van der Waals surface area contributed by atoms with Crippen molar-refractivity contribution >= 4 is 18.3 Å². The van der Waals surface area contributed by atoms with Crippen LogP contribution in [0, 0.1) is 0 Å². The largest absolute Gasteiger partial charge is 0.480 e. The predicted molar refractivity (Wildman–Crippen MR) is 105 cm³/mol. The van der Waals surface area contributed by atoms with Gasteiger partial charge in [0.25, 0.3) is 0 Å². The van der Waals surface area contributed by atoms with Gasteiger partial charge in [-0.25, -0.2) is 4.79 Å². The lowest BCUT2D eigenvalue weighted by Gasteiger charge is -2.19. The number of carboxylic acids is 1. The number of hydrogen-bond acceptors (Lipinski definition) is 5. The molecular weight excluding hydrogens is 324 g/mol. The normalized spacial score (nSPS) is 9.08. The number of carbonyl (C=O) groups excluding carboxylic acids is 2. The first-order valence-corrected chi connectivity index (χ1v) is 9.00. The predicted octanol–water partition coefficient (Wildman–Crippen LogP) is 3.81. The summed E-state index contributed by atoms with van der Waals surface area (Å²) in [6.45, 7) is 16.8. The lowest BCUT2D eigenvalue weighted by molar-refractivity contribution is -0.142. The summed E-state index contributed by atoms with van der Waals surface area (Å²) >= 11 is 0. The second-order valence-corrected chi connectivity index (χ2v) is 4.24. The summed E-state index contributed by atoms with van der Waals surface area (Å²) in [5.41, 5.74) is 0. The zero-order valence-corrected chi connectivity index (χ0v) is 18.0. The monoisotopic (exact) mass is 366 g/mol. The number of likely N-dealkylation sites (N-methyl/N-ethyl adjacent to an activating group) is 1. The van der Waals surface area contributed by atoms with Crippen LogP contribution in [0.25, 0.3) is 0 Å². The standard InChI is InChI=1S/C7H15NO2.C4H7NO3.C3H8.2C2H6/c1-4-5-8(3)6(2)7(9)10;1-8-4(7)5-2-3-6;1-3-2;2*1-2/h6H,4-5H2,1-3H3,(H,9,10);3H,2H2,1H3,(H,5,7);3H2,1-2H3;2*1-2H3/t6-;;;;/m1..../s1. The maximum atomic E-state index is 10.4. The molecule has 0 aliphatic rings. The number of nitrogens with one attached hydrogen (secondary N) is 1. The zero-order chi connectivity index (χ0) is 21.3. The van der Waals surface area contributed by atoms with Gasteiger partial charge in [-0.15, -0.1) is 0 Å². The average molecular weight is 367 g/mol. The molecule has 2 N–H and O–H groups in total. The van der Waals surface area contributed by atoms with Crippen LogP contribution in [0.3, 0.4) is 0 Å². The highest BCUT2D eigenvalue weighted by Gasteiger charge is 2.14. The van der Waals surface area contributed by atoms with Crippen molar-refractivity contribution in [3.8, 4) is 0 Å². The number of nitrogens with zero attached hydrogens (tertiary/aromatic N) is 1. The Labute approximate surface area is 155 Å². The van der Waals surface area contributed by atoms with Crippen LogP contribution in [0.15, 0.2) is 0 Å². The Morgan fingerprint density at radius 1 is 1.16 bits per heavy atom. The molecule has 0 unspecified atom stereocenters. The van der Waals surface area contributed by atoms with Crippen molar-refractivity contribution in [3.05, 3.63) is 0 Å². The molecule has 0 heterocycles. The van der Waals surface area contributed by atoms with Crippen LogP contribution in [0.1, 0.15) is 68.2 Å². The van der Waals surface area contributed by atoms with Gasteiger partial charge >= 0.3 is 12.1 Å². The van der Waals surface area contributed by atoms with E-state index in [-0.39, 0.29) is 12.6 Å². The van der Waals surface area contributed by atoms with Crippen LogP contribution in [0.4, 0.5) is 4.79 Å². The third kappa shape index (κ3) is 39.3. The molecule has 0 fully saturated rings. The van der Waals surface area contributed by atoms with Gasteiger partial charge in [-0.1, -0.05) is 54.9 Å². The van der Waals surface area contributed by atoms with Gasteiger partial charge in [0.05, 0.1) is 13.7 Å². The number of methoxy groups -OCH3 is 1. The topological polar surface area (TPSA) is 95.9 Å². The average Bonchev–Trinajstić information content (AvgIpc) is 2.63. The molecule has 1 amide bonds. The first-order chi connectivity index (χ1) is 11.8. The Bertz CT molecular complexity index is 274. The molecule has 0 aromatic rings. The lowest BCUT2D eigenvalue weighted by atomic mass is 10.3. The van der Waals surface area contributed by atoms with Crippen molar-refractivity contribution in [3.63, 3.8) is 0 Å². The Hall–Kier alpha value is -1.63. The summed E-state index contributed by atoms with van der Waals surface area (Å²) in [4.78, 5) is 31.8. The number of carboxylic acid groups (broad SMARTS) is 1. The molecule has 0 aliphatic carbocycles. The first-order valence-electron chi connectivity index (χ1n) is 9.00. The third-order valence-corrected chi connectivity index (χ3v) is 2.11. The molecule has 0 aromatic carbocycles. The SMILES string of the molecule is CC.CC.CCC.CCCN(C)[C@H](C)C(=O)O.COC(=O)NCC=O. The van der Waals surface area contributed by atoms with E-state index in [0.29, 0.717) is 6.29 Å². The van der Waals surface area contributed by atoms with Crippen LogP contribution in [0.5, 0.6) is 0 Å². The van der Waals surface area contributed by atoms with Gasteiger partial charge in [-0.2, -0.15) is 0 Å². The fraction of sp³-hybridized carbons (Fsp3) is 0.833. The third-order valence-electron chi connectivity index (χ3n) is 2.11. The van der Waals surface area contributed by atoms with Crippen LogP contribution < -0.4 is 5.32 Å². The smallest absolute Gasteiger partial charge is 0.407 e. The van der Waals surface area contributed by atoms with Crippen molar-refractivity contribution < 1.29 is 24.2 Å². The highest BCUT2D eigenvalue weighted by molar-refractivity contribution is 5.72. The maximum absolute atomic E-state index is 10.4. The van der Waals surface area contributed by atoms with E-state index >= 15 is 0 Å². The highest BCUT2D eigenvalue weighted by Crippen LogP contribution is 1.95. The van der Waals surface area contributed by atoms with Crippen molar-refractivity contribution in [2.75, 3.05) is 27.2 Å². The Morgan fingerprint density at radius 2 is 1.56 bits per heavy atom. The van der Waals surface area contributed by atoms with Crippen LogP contribution >= 0.6 is 0 Å². The molecule has 7 heteroatoms. The van der Waals surface area contributed by atoms with E-state index in [2.05, 4.69) is 23.9 Å². The molecule has 0 bridgehead atoms. The van der Waals surface area contributed by atoms with Crippen LogP contribution in [-0.2, 0) is 14.3 Å². The minimum absolute atomic E-state index is 0.00662. The summed E-state index contributed by atoms with van der Waals surface area (Å²) in [6, 6.07) is -0.361. The van der Waals surface area contributed by atoms with Crippen molar-refractivity contribution in [2.24, 2.45) is 0 Å². The first kappa shape index (κ1) is 34.7. The number of alkyl carbamates (subject to hydrolysis) is 1. The quantitative estimate of drug-likeness (QED) is 0.694. The summed E-state index contributed by atoms with van der Waals surface area (Å²) in [6.07, 6.45) is 2.24. The molecule has 0 aliphatic heterocycles. The molecule has 7 nitrogen and oxygen atoms in total. The molecule has 0 saturated carbocycles. The van der Waals surface area contributed by atoms with Crippen molar-refractivity contribution in [2.45, 2.75) is 74.3 Å². The second kappa shape index (κ2) is 33.9. The Morgan fingerprint density at radius 3 is 1.80 bits per heavy atom. The van der Waals surface area contributed by atoms with Crippen LogP contribution in [-0.4, -0.2) is 61.6 Å². The number of ether oxygens (including phenoxy) is 1. The van der Waals surface area contributed by atoms with Crippen molar-refractivity contribution in [1.29, 1.82) is 0 Å². The van der Waals surface area contributed by atoms with Gasteiger partial charge in [-0.05, 0) is 26.9 Å². The van der Waals surface area contributed by atoms with E-state index < -0.39 is 12.1 Å². The number of amides is 1. The van der Waals surface area contributed by atoms with Gasteiger partial charge < -0.3 is 20.0 Å². The number of aldehydes is 1. The fourth-order valence-corrected chi connectivity index (χ4v) is 0.932. The van der Waals surface area contributed by atoms with Crippen molar-refractivity contribution in [1.82, 2.24) is 10.2 Å². The maximum Gasteiger partial charge on any atom is 0.407 e. The van der Waals surface area contributed by atoms with E-state index in [1.807, 2.05) is 46.6 Å². The molecule has 0 saturated heterocycles. The summed E-state index contributed by atoms with van der Waals surface area (Å²) in [7, 11) is 3.06. The number of rotatable bonds is 6. The lowest BCUT2D eigenvalue weighted by Crippen LogP contribution is -2.36. The van der Waals surface area contributed by atoms with E-state index in [0.717, 1.165) is 13.0 Å². The van der Waals surface area contributed by atoms with Gasteiger partial charge in [0.1, 0.15) is 12.3 Å². The van der Waals surface area contributed by atoms with E-state index in [9.17, 15) is 14.4 Å². The highest BCUT2D eigenvalue weighted by atomic mass is 16.5. The van der Waals surface area contributed by atoms with Crippen LogP contribution in [0.2, 0.25) is 0 Å². The van der Waals surface area contributed by atoms with E-state index in [1.54, 1.807) is 6.92 Å². The van der Waals surface area contributed by atoms with Gasteiger partial charge in [0.15, 0.2) is 0 Å². The zero-order valence-electron chi connectivity index (χ0n) is 18.0. The number of carbonyl (C=O) groups is 3. The minimum Gasteiger partial charge on any atom is -0.480 e. The molecule has 154 valence electrons. The summed E-state index contributed by atoms with van der Waals surface area (Å²) in [5, 5.41) is 10.7. The second-order valence-electron chi connectivity index (χ2n) is 4.24. The number of hydrogen-bond donors (Lipinski definition) is 2.